The molecular formula is C8H3ClF2N2OS. The molecule has 0 radical (unpaired) electrons. The van der Waals surface area contributed by atoms with Crippen molar-refractivity contribution in [2.24, 2.45) is 0 Å². The largest absolute Gasteiger partial charge is 0.432 e. The number of halogens is 3. The van der Waals surface area contributed by atoms with Gasteiger partial charge in [-0.2, -0.15) is 4.37 Å². The van der Waals surface area contributed by atoms with Crippen molar-refractivity contribution >= 4 is 23.3 Å². The first-order chi connectivity index (χ1) is 7.16. The molecule has 15 heavy (non-hydrogen) atoms. The summed E-state index contributed by atoms with van der Waals surface area (Å²) in [7, 11) is 0. The van der Waals surface area contributed by atoms with Gasteiger partial charge in [-0.25, -0.2) is 8.78 Å². The Bertz CT molecular complexity index is 491. The van der Waals surface area contributed by atoms with Gasteiger partial charge in [-0.05, 0) is 12.1 Å². The second-order valence-corrected chi connectivity index (χ2v) is 3.42. The van der Waals surface area contributed by atoms with Crippen LogP contribution in [0.4, 0.5) is 8.78 Å². The molecule has 0 N–H and O–H groups in total. The van der Waals surface area contributed by atoms with Crippen LogP contribution in [0.25, 0.3) is 0 Å². The Balaban J connectivity index is 2.32. The predicted molar refractivity (Wildman–Crippen MR) is 51.4 cm³/mol. The van der Waals surface area contributed by atoms with E-state index in [1.807, 2.05) is 0 Å². The molecule has 0 saturated carbocycles. The number of hydrogen-bond acceptors (Lipinski definition) is 4. The van der Waals surface area contributed by atoms with E-state index in [1.165, 1.54) is 0 Å². The van der Waals surface area contributed by atoms with Gasteiger partial charge in [-0.3, -0.25) is 0 Å². The van der Waals surface area contributed by atoms with Crippen LogP contribution in [0.15, 0.2) is 18.2 Å². The second-order valence-electron chi connectivity index (χ2n) is 2.54. The van der Waals surface area contributed by atoms with Gasteiger partial charge in [0.15, 0.2) is 11.6 Å². The highest BCUT2D eigenvalue weighted by Gasteiger charge is 2.11. The standard InChI is InChI=1S/C8H3ClF2N2OS/c9-7-8(13-15-12-7)14-6-3-4(10)1-2-5(6)11/h1-3H. The lowest BCUT2D eigenvalue weighted by atomic mass is 10.3. The smallest absolute Gasteiger partial charge is 0.271 e. The van der Waals surface area contributed by atoms with Crippen LogP contribution in [0, 0.1) is 11.6 Å². The zero-order valence-electron chi connectivity index (χ0n) is 7.08. The maximum atomic E-state index is 13.1. The lowest BCUT2D eigenvalue weighted by molar-refractivity contribution is 0.426. The normalized spacial score (nSPS) is 10.3. The lowest BCUT2D eigenvalue weighted by Gasteiger charge is -2.02. The Labute approximate surface area is 92.6 Å². The van der Waals surface area contributed by atoms with Crippen molar-refractivity contribution in [1.29, 1.82) is 0 Å². The fourth-order valence-electron chi connectivity index (χ4n) is 0.890. The highest BCUT2D eigenvalue weighted by molar-refractivity contribution is 6.99. The van der Waals surface area contributed by atoms with Crippen molar-refractivity contribution in [2.45, 2.75) is 0 Å². The SMILES string of the molecule is Fc1ccc(F)c(Oc2nsnc2Cl)c1. The minimum atomic E-state index is -0.694. The first-order valence-electron chi connectivity index (χ1n) is 3.78. The van der Waals surface area contributed by atoms with Crippen LogP contribution in [0.5, 0.6) is 11.6 Å². The maximum Gasteiger partial charge on any atom is 0.271 e. The molecule has 3 nitrogen and oxygen atoms in total. The van der Waals surface area contributed by atoms with Crippen molar-refractivity contribution < 1.29 is 13.5 Å². The van der Waals surface area contributed by atoms with Gasteiger partial charge in [-0.15, -0.1) is 4.37 Å². The third-order valence-corrected chi connectivity index (χ3v) is 2.38. The fraction of sp³-hybridized carbons (Fsp3) is 0. The number of hydrogen-bond donors (Lipinski definition) is 0. The number of benzene rings is 1. The molecule has 2 aromatic rings. The zero-order chi connectivity index (χ0) is 10.8. The molecule has 0 bridgehead atoms. The number of nitrogens with zero attached hydrogens (tertiary/aromatic N) is 2. The zero-order valence-corrected chi connectivity index (χ0v) is 8.65. The average Bonchev–Trinajstić information content (AvgIpc) is 2.58. The molecule has 0 aliphatic heterocycles. The van der Waals surface area contributed by atoms with E-state index in [0.717, 1.165) is 29.9 Å². The topological polar surface area (TPSA) is 35.0 Å². The highest BCUT2D eigenvalue weighted by atomic mass is 35.5. The van der Waals surface area contributed by atoms with E-state index < -0.39 is 11.6 Å². The van der Waals surface area contributed by atoms with E-state index in [2.05, 4.69) is 8.75 Å². The van der Waals surface area contributed by atoms with Crippen LogP contribution in [0.2, 0.25) is 5.15 Å². The summed E-state index contributed by atoms with van der Waals surface area (Å²) in [5, 5.41) is 0.0173. The summed E-state index contributed by atoms with van der Waals surface area (Å²) in [6.07, 6.45) is 0. The monoisotopic (exact) mass is 248 g/mol. The van der Waals surface area contributed by atoms with Crippen molar-refractivity contribution in [2.75, 3.05) is 0 Å². The van der Waals surface area contributed by atoms with Gasteiger partial charge in [0.25, 0.3) is 5.88 Å². The second kappa shape index (κ2) is 4.08. The van der Waals surface area contributed by atoms with E-state index in [1.54, 1.807) is 0 Å². The van der Waals surface area contributed by atoms with Crippen LogP contribution in [-0.2, 0) is 0 Å². The molecule has 1 aromatic heterocycles. The Morgan fingerprint density at radius 1 is 1.27 bits per heavy atom. The van der Waals surface area contributed by atoms with Crippen LogP contribution >= 0.6 is 23.3 Å². The minimum Gasteiger partial charge on any atom is -0.432 e. The van der Waals surface area contributed by atoms with Crippen LogP contribution in [-0.4, -0.2) is 8.75 Å². The van der Waals surface area contributed by atoms with Crippen molar-refractivity contribution in [3.8, 4) is 11.6 Å². The minimum absolute atomic E-state index is 0.0173. The van der Waals surface area contributed by atoms with E-state index in [-0.39, 0.29) is 16.8 Å². The van der Waals surface area contributed by atoms with E-state index in [0.29, 0.717) is 0 Å². The molecular weight excluding hydrogens is 246 g/mol. The molecule has 0 unspecified atom stereocenters. The fourth-order valence-corrected chi connectivity index (χ4v) is 1.50. The van der Waals surface area contributed by atoms with Gasteiger partial charge in [0, 0.05) is 6.07 Å². The maximum absolute atomic E-state index is 13.1. The molecule has 0 aliphatic carbocycles. The first-order valence-corrected chi connectivity index (χ1v) is 4.88. The Kier molecular flexibility index (Phi) is 2.79. The van der Waals surface area contributed by atoms with Gasteiger partial charge in [0.1, 0.15) is 5.82 Å². The molecule has 0 aliphatic rings. The molecule has 1 heterocycles. The number of rotatable bonds is 2. The summed E-state index contributed by atoms with van der Waals surface area (Å²) in [5.41, 5.74) is 0. The first kappa shape index (κ1) is 10.3. The Hall–Kier alpha value is -1.27. The lowest BCUT2D eigenvalue weighted by Crippen LogP contribution is -1.90. The molecule has 7 heteroatoms. The Morgan fingerprint density at radius 3 is 2.73 bits per heavy atom. The van der Waals surface area contributed by atoms with Gasteiger partial charge in [0.2, 0.25) is 5.15 Å². The highest BCUT2D eigenvalue weighted by Crippen LogP contribution is 2.28. The summed E-state index contributed by atoms with van der Waals surface area (Å²) in [5.74, 6) is -1.61. The summed E-state index contributed by atoms with van der Waals surface area (Å²) in [6.45, 7) is 0. The Morgan fingerprint density at radius 2 is 2.07 bits per heavy atom. The van der Waals surface area contributed by atoms with Crippen LogP contribution in [0.3, 0.4) is 0 Å². The van der Waals surface area contributed by atoms with E-state index >= 15 is 0 Å². The molecule has 0 spiro atoms. The van der Waals surface area contributed by atoms with E-state index in [9.17, 15) is 8.78 Å². The third-order valence-electron chi connectivity index (χ3n) is 1.52. The number of ether oxygens (including phenoxy) is 1. The van der Waals surface area contributed by atoms with E-state index in [4.69, 9.17) is 16.3 Å². The van der Waals surface area contributed by atoms with Crippen LogP contribution in [0.1, 0.15) is 0 Å². The summed E-state index contributed by atoms with van der Waals surface area (Å²) in [6, 6.07) is 2.85. The molecule has 1 aromatic carbocycles. The third kappa shape index (κ3) is 2.21. The molecule has 0 fully saturated rings. The van der Waals surface area contributed by atoms with Gasteiger partial charge >= 0.3 is 0 Å². The van der Waals surface area contributed by atoms with Gasteiger partial charge in [0.05, 0.1) is 11.7 Å². The van der Waals surface area contributed by atoms with Gasteiger partial charge in [-0.1, -0.05) is 11.6 Å². The predicted octanol–water partition coefficient (Wildman–Crippen LogP) is 3.26. The molecule has 78 valence electrons. The molecule has 0 saturated heterocycles. The summed E-state index contributed by atoms with van der Waals surface area (Å²) < 4.78 is 38.1. The van der Waals surface area contributed by atoms with Crippen molar-refractivity contribution in [3.05, 3.63) is 35.0 Å². The summed E-state index contributed by atoms with van der Waals surface area (Å²) >= 11 is 6.40. The molecule has 2 rings (SSSR count). The van der Waals surface area contributed by atoms with Gasteiger partial charge < -0.3 is 4.74 Å². The van der Waals surface area contributed by atoms with Crippen molar-refractivity contribution in [1.82, 2.24) is 8.75 Å². The molecule has 0 amide bonds. The molecule has 0 atom stereocenters. The summed E-state index contributed by atoms with van der Waals surface area (Å²) in [4.78, 5) is 0. The number of aromatic nitrogens is 2. The average molecular weight is 249 g/mol. The van der Waals surface area contributed by atoms with Crippen LogP contribution < -0.4 is 4.74 Å². The quantitative estimate of drug-likeness (QED) is 0.818. The van der Waals surface area contributed by atoms with Crippen molar-refractivity contribution in [3.63, 3.8) is 0 Å².